The maximum absolute atomic E-state index is 12.5. The Balaban J connectivity index is 2.39. The van der Waals surface area contributed by atoms with E-state index in [-0.39, 0.29) is 5.91 Å². The van der Waals surface area contributed by atoms with Gasteiger partial charge in [-0.2, -0.15) is 0 Å². The zero-order chi connectivity index (χ0) is 14.2. The first-order valence-corrected chi connectivity index (χ1v) is 7.28. The van der Waals surface area contributed by atoms with E-state index < -0.39 is 5.60 Å². The van der Waals surface area contributed by atoms with Crippen LogP contribution in [0.1, 0.15) is 34.1 Å². The number of hydrogen-bond acceptors (Lipinski definition) is 3. The highest BCUT2D eigenvalue weighted by atomic mass is 79.9. The molecule has 0 bridgehead atoms. The number of rotatable bonds is 3. The maximum atomic E-state index is 12.5. The van der Waals surface area contributed by atoms with Gasteiger partial charge in [-0.25, -0.2) is 4.98 Å². The Kier molecular flexibility index (Phi) is 3.85. The molecule has 1 aromatic rings. The summed E-state index contributed by atoms with van der Waals surface area (Å²) >= 11 is 3.34. The highest BCUT2D eigenvalue weighted by Gasteiger charge is 2.41. The lowest BCUT2D eigenvalue weighted by Gasteiger charge is -2.38. The van der Waals surface area contributed by atoms with Crippen molar-refractivity contribution in [3.63, 3.8) is 0 Å². The molecule has 0 spiro atoms. The number of halogens is 1. The summed E-state index contributed by atoms with van der Waals surface area (Å²) in [5.74, 6) is 1.77. The van der Waals surface area contributed by atoms with Crippen LogP contribution >= 0.6 is 15.9 Å². The van der Waals surface area contributed by atoms with Crippen LogP contribution in [0.2, 0.25) is 0 Å². The van der Waals surface area contributed by atoms with Crippen LogP contribution in [-0.2, 0) is 4.79 Å². The Bertz CT molecular complexity index is 500. The van der Waals surface area contributed by atoms with Crippen molar-refractivity contribution in [3.05, 3.63) is 16.7 Å². The first-order valence-electron chi connectivity index (χ1n) is 6.49. The average Bonchev–Trinajstić information content (AvgIpc) is 2.30. The van der Waals surface area contributed by atoms with Gasteiger partial charge in [0.1, 0.15) is 4.60 Å². The predicted molar refractivity (Wildman–Crippen MR) is 78.5 cm³/mol. The highest BCUT2D eigenvalue weighted by molar-refractivity contribution is 9.10. The fourth-order valence-electron chi connectivity index (χ4n) is 2.02. The van der Waals surface area contributed by atoms with Crippen molar-refractivity contribution in [2.45, 2.75) is 39.7 Å². The molecule has 19 heavy (non-hydrogen) atoms. The lowest BCUT2D eigenvalue weighted by molar-refractivity contribution is -0.132. The Morgan fingerprint density at radius 3 is 2.74 bits per heavy atom. The van der Waals surface area contributed by atoms with Gasteiger partial charge in [0.05, 0.1) is 0 Å². The van der Waals surface area contributed by atoms with Gasteiger partial charge in [0.15, 0.2) is 17.2 Å². The van der Waals surface area contributed by atoms with Crippen molar-refractivity contribution in [2.24, 2.45) is 5.92 Å². The number of amides is 1. The van der Waals surface area contributed by atoms with Crippen LogP contribution in [-0.4, -0.2) is 23.0 Å². The topological polar surface area (TPSA) is 42.4 Å². The van der Waals surface area contributed by atoms with Crippen LogP contribution in [0, 0.1) is 5.92 Å². The second-order valence-corrected chi connectivity index (χ2v) is 6.52. The van der Waals surface area contributed by atoms with Crippen molar-refractivity contribution in [1.29, 1.82) is 0 Å². The van der Waals surface area contributed by atoms with Gasteiger partial charge in [0, 0.05) is 6.54 Å². The zero-order valence-electron chi connectivity index (χ0n) is 11.7. The van der Waals surface area contributed by atoms with E-state index in [1.54, 1.807) is 18.7 Å². The minimum atomic E-state index is -0.834. The number of nitrogens with zero attached hydrogens (tertiary/aromatic N) is 2. The molecule has 0 aromatic carbocycles. The Hall–Kier alpha value is -1.10. The molecule has 1 aliphatic heterocycles. The average molecular weight is 327 g/mol. The molecule has 0 unspecified atom stereocenters. The summed E-state index contributed by atoms with van der Waals surface area (Å²) in [5.41, 5.74) is -0.834. The molecule has 0 saturated carbocycles. The number of pyridine rings is 1. The molecule has 104 valence electrons. The summed E-state index contributed by atoms with van der Waals surface area (Å²) in [5, 5.41) is 0. The molecule has 1 aromatic heterocycles. The standard InChI is InChI=1S/C14H19BrN2O2/c1-9(2)7-8-17-12-10(5-6-11(15)16-12)19-14(3,4)13(17)18/h5-6,9H,7-8H2,1-4H3. The maximum Gasteiger partial charge on any atom is 0.271 e. The van der Waals surface area contributed by atoms with E-state index in [1.807, 2.05) is 12.1 Å². The summed E-state index contributed by atoms with van der Waals surface area (Å²) < 4.78 is 6.45. The molecule has 0 saturated heterocycles. The van der Waals surface area contributed by atoms with Crippen LogP contribution < -0.4 is 9.64 Å². The van der Waals surface area contributed by atoms with Gasteiger partial charge in [-0.05, 0) is 54.2 Å². The van der Waals surface area contributed by atoms with Crippen molar-refractivity contribution in [3.8, 4) is 5.75 Å². The normalized spacial score (nSPS) is 17.4. The molecule has 1 amide bonds. The molecule has 2 rings (SSSR count). The zero-order valence-corrected chi connectivity index (χ0v) is 13.3. The van der Waals surface area contributed by atoms with Crippen LogP contribution in [0.4, 0.5) is 5.82 Å². The first kappa shape index (κ1) is 14.3. The smallest absolute Gasteiger partial charge is 0.271 e. The van der Waals surface area contributed by atoms with E-state index in [9.17, 15) is 4.79 Å². The first-order chi connectivity index (χ1) is 8.81. The largest absolute Gasteiger partial charge is 0.474 e. The fraction of sp³-hybridized carbons (Fsp3) is 0.571. The quantitative estimate of drug-likeness (QED) is 0.799. The van der Waals surface area contributed by atoms with E-state index in [0.29, 0.717) is 28.6 Å². The third-order valence-electron chi connectivity index (χ3n) is 3.12. The molecule has 1 aliphatic rings. The molecule has 0 fully saturated rings. The second-order valence-electron chi connectivity index (χ2n) is 5.71. The minimum Gasteiger partial charge on any atom is -0.474 e. The van der Waals surface area contributed by atoms with Crippen molar-refractivity contribution in [1.82, 2.24) is 4.98 Å². The Labute approximate surface area is 122 Å². The van der Waals surface area contributed by atoms with Crippen LogP contribution in [0.25, 0.3) is 0 Å². The molecule has 0 N–H and O–H groups in total. The monoisotopic (exact) mass is 326 g/mol. The highest BCUT2D eigenvalue weighted by Crippen LogP contribution is 2.37. The molecule has 5 heteroatoms. The van der Waals surface area contributed by atoms with Crippen molar-refractivity contribution >= 4 is 27.7 Å². The third kappa shape index (κ3) is 2.91. The van der Waals surface area contributed by atoms with Gasteiger partial charge in [-0.3, -0.25) is 9.69 Å². The lowest BCUT2D eigenvalue weighted by atomic mass is 10.0. The van der Waals surface area contributed by atoms with Crippen molar-refractivity contribution in [2.75, 3.05) is 11.4 Å². The summed E-state index contributed by atoms with van der Waals surface area (Å²) in [4.78, 5) is 18.6. The van der Waals surface area contributed by atoms with Crippen molar-refractivity contribution < 1.29 is 9.53 Å². The lowest BCUT2D eigenvalue weighted by Crippen LogP contribution is -2.53. The van der Waals surface area contributed by atoms with Gasteiger partial charge in [-0.1, -0.05) is 13.8 Å². The summed E-state index contributed by atoms with van der Waals surface area (Å²) in [6.07, 6.45) is 0.940. The molecular weight excluding hydrogens is 308 g/mol. The second kappa shape index (κ2) is 5.12. The van der Waals surface area contributed by atoms with Crippen LogP contribution in [0.5, 0.6) is 5.75 Å². The van der Waals surface area contributed by atoms with E-state index in [1.165, 1.54) is 0 Å². The number of fused-ring (bicyclic) bond motifs is 1. The van der Waals surface area contributed by atoms with E-state index in [4.69, 9.17) is 4.74 Å². The molecule has 4 nitrogen and oxygen atoms in total. The van der Waals surface area contributed by atoms with E-state index in [2.05, 4.69) is 34.8 Å². The third-order valence-corrected chi connectivity index (χ3v) is 3.56. The molecule has 0 aliphatic carbocycles. The molecule has 0 atom stereocenters. The minimum absolute atomic E-state index is 0.0359. The number of carbonyl (C=O) groups is 1. The SMILES string of the molecule is CC(C)CCN1C(=O)C(C)(C)Oc2ccc(Br)nc21. The molecule has 2 heterocycles. The predicted octanol–water partition coefficient (Wildman–Crippen LogP) is 3.39. The fourth-order valence-corrected chi connectivity index (χ4v) is 2.32. The number of hydrogen-bond donors (Lipinski definition) is 0. The van der Waals surface area contributed by atoms with Gasteiger partial charge >= 0.3 is 0 Å². The van der Waals surface area contributed by atoms with Crippen LogP contribution in [0.15, 0.2) is 16.7 Å². The summed E-state index contributed by atoms with van der Waals surface area (Å²) in [6, 6.07) is 3.67. The van der Waals surface area contributed by atoms with Gasteiger partial charge < -0.3 is 4.74 Å². The number of aromatic nitrogens is 1. The van der Waals surface area contributed by atoms with Gasteiger partial charge in [-0.15, -0.1) is 0 Å². The number of carbonyl (C=O) groups excluding carboxylic acids is 1. The van der Waals surface area contributed by atoms with Gasteiger partial charge in [0.2, 0.25) is 0 Å². The summed E-state index contributed by atoms with van der Waals surface area (Å²) in [6.45, 7) is 8.54. The Morgan fingerprint density at radius 1 is 1.42 bits per heavy atom. The van der Waals surface area contributed by atoms with Gasteiger partial charge in [0.25, 0.3) is 5.91 Å². The van der Waals surface area contributed by atoms with E-state index >= 15 is 0 Å². The molecule has 0 radical (unpaired) electrons. The molecular formula is C14H19BrN2O2. The number of ether oxygens (including phenoxy) is 1. The number of anilines is 1. The Morgan fingerprint density at radius 2 is 2.11 bits per heavy atom. The van der Waals surface area contributed by atoms with E-state index in [0.717, 1.165) is 6.42 Å². The van der Waals surface area contributed by atoms with Crippen LogP contribution in [0.3, 0.4) is 0 Å². The summed E-state index contributed by atoms with van der Waals surface area (Å²) in [7, 11) is 0.